The van der Waals surface area contributed by atoms with Gasteiger partial charge in [-0.2, -0.15) is 0 Å². The highest BCUT2D eigenvalue weighted by molar-refractivity contribution is 5.79. The lowest BCUT2D eigenvalue weighted by Crippen LogP contribution is -1.97. The van der Waals surface area contributed by atoms with Crippen molar-refractivity contribution in [3.8, 4) is 0 Å². The minimum absolute atomic E-state index is 0.0474. The second-order valence-electron chi connectivity index (χ2n) is 5.66. The molecule has 0 amide bonds. The predicted octanol–water partition coefficient (Wildman–Crippen LogP) is 4.83. The Labute approximate surface area is 135 Å². The van der Waals surface area contributed by atoms with Gasteiger partial charge in [0.05, 0.1) is 11.1 Å². The molecule has 0 radical (unpaired) electrons. The Morgan fingerprint density at radius 1 is 1.09 bits per heavy atom. The van der Waals surface area contributed by atoms with Crippen LogP contribution >= 0.6 is 0 Å². The molecular formula is C18H20N2O3. The van der Waals surface area contributed by atoms with E-state index in [1.54, 1.807) is 25.3 Å². The monoisotopic (exact) mass is 312 g/mol. The normalized spacial score (nSPS) is 12.5. The molecule has 0 spiro atoms. The van der Waals surface area contributed by atoms with E-state index in [1.807, 2.05) is 12.1 Å². The van der Waals surface area contributed by atoms with Crippen LogP contribution in [0.1, 0.15) is 49.5 Å². The van der Waals surface area contributed by atoms with Crippen LogP contribution in [0.4, 0.5) is 5.69 Å². The predicted molar refractivity (Wildman–Crippen MR) is 90.7 cm³/mol. The SMILES string of the molecule is CC(C)c1ccc(/C=N\O[C@@H](C)c2cccc([N+](=O)[O-])c2)cc1. The van der Waals surface area contributed by atoms with Crippen molar-refractivity contribution < 1.29 is 9.76 Å². The molecule has 0 unspecified atom stereocenters. The summed E-state index contributed by atoms with van der Waals surface area (Å²) in [6, 6.07) is 14.5. The number of hydrogen-bond acceptors (Lipinski definition) is 4. The van der Waals surface area contributed by atoms with Crippen LogP contribution in [0.15, 0.2) is 53.7 Å². The molecule has 2 aromatic carbocycles. The van der Waals surface area contributed by atoms with Crippen LogP contribution < -0.4 is 0 Å². The number of hydrogen-bond donors (Lipinski definition) is 0. The van der Waals surface area contributed by atoms with Gasteiger partial charge in [-0.25, -0.2) is 0 Å². The smallest absolute Gasteiger partial charge is 0.269 e. The lowest BCUT2D eigenvalue weighted by Gasteiger charge is -2.09. The van der Waals surface area contributed by atoms with Crippen LogP contribution in [0, 0.1) is 10.1 Å². The number of nitro groups is 1. The average Bonchev–Trinajstić information content (AvgIpc) is 2.55. The van der Waals surface area contributed by atoms with Gasteiger partial charge in [-0.05, 0) is 24.0 Å². The van der Waals surface area contributed by atoms with E-state index < -0.39 is 4.92 Å². The number of benzene rings is 2. The highest BCUT2D eigenvalue weighted by atomic mass is 16.6. The summed E-state index contributed by atoms with van der Waals surface area (Å²) in [5.41, 5.74) is 2.98. The van der Waals surface area contributed by atoms with E-state index in [0.29, 0.717) is 11.5 Å². The maximum absolute atomic E-state index is 10.8. The van der Waals surface area contributed by atoms with Gasteiger partial charge in [0.2, 0.25) is 0 Å². The number of nitro benzene ring substituents is 1. The Morgan fingerprint density at radius 3 is 2.39 bits per heavy atom. The van der Waals surface area contributed by atoms with Crippen molar-refractivity contribution >= 4 is 11.9 Å². The first-order chi connectivity index (χ1) is 11.0. The second-order valence-corrected chi connectivity index (χ2v) is 5.66. The van der Waals surface area contributed by atoms with Crippen LogP contribution in [0.2, 0.25) is 0 Å². The van der Waals surface area contributed by atoms with Crippen LogP contribution in [0.25, 0.3) is 0 Å². The lowest BCUT2D eigenvalue weighted by atomic mass is 10.0. The van der Waals surface area contributed by atoms with Crippen molar-refractivity contribution in [3.63, 3.8) is 0 Å². The second kappa shape index (κ2) is 7.54. The highest BCUT2D eigenvalue weighted by Gasteiger charge is 2.11. The Kier molecular flexibility index (Phi) is 5.46. The number of nitrogens with zero attached hydrogens (tertiary/aromatic N) is 2. The zero-order chi connectivity index (χ0) is 16.8. The van der Waals surface area contributed by atoms with Crippen molar-refractivity contribution in [2.24, 2.45) is 5.16 Å². The summed E-state index contributed by atoms with van der Waals surface area (Å²) in [7, 11) is 0. The van der Waals surface area contributed by atoms with Crippen molar-refractivity contribution in [3.05, 3.63) is 75.3 Å². The van der Waals surface area contributed by atoms with Crippen LogP contribution in [0.5, 0.6) is 0 Å². The molecule has 0 aliphatic heterocycles. The Morgan fingerprint density at radius 2 is 1.78 bits per heavy atom. The zero-order valence-electron chi connectivity index (χ0n) is 13.5. The quantitative estimate of drug-likeness (QED) is 0.436. The molecule has 0 fully saturated rings. The molecule has 2 rings (SSSR count). The van der Waals surface area contributed by atoms with E-state index in [1.165, 1.54) is 17.7 Å². The van der Waals surface area contributed by atoms with Gasteiger partial charge in [0, 0.05) is 17.7 Å². The summed E-state index contributed by atoms with van der Waals surface area (Å²) in [5, 5.41) is 14.8. The third-order valence-electron chi connectivity index (χ3n) is 3.57. The summed E-state index contributed by atoms with van der Waals surface area (Å²) in [4.78, 5) is 15.8. The first kappa shape index (κ1) is 16.7. The van der Waals surface area contributed by atoms with Crippen molar-refractivity contribution in [1.82, 2.24) is 0 Å². The van der Waals surface area contributed by atoms with Gasteiger partial charge in [-0.15, -0.1) is 0 Å². The largest absolute Gasteiger partial charge is 0.388 e. The molecule has 0 saturated heterocycles. The van der Waals surface area contributed by atoms with E-state index in [9.17, 15) is 10.1 Å². The molecule has 0 saturated carbocycles. The molecule has 0 aliphatic rings. The molecule has 0 aromatic heterocycles. The van der Waals surface area contributed by atoms with Gasteiger partial charge >= 0.3 is 0 Å². The van der Waals surface area contributed by atoms with Crippen LogP contribution in [0.3, 0.4) is 0 Å². The molecule has 0 aliphatic carbocycles. The highest BCUT2D eigenvalue weighted by Crippen LogP contribution is 2.21. The maximum Gasteiger partial charge on any atom is 0.269 e. The number of rotatable bonds is 6. The Balaban J connectivity index is 1.99. The molecule has 5 heteroatoms. The van der Waals surface area contributed by atoms with Crippen LogP contribution in [-0.2, 0) is 4.84 Å². The lowest BCUT2D eigenvalue weighted by molar-refractivity contribution is -0.385. The van der Waals surface area contributed by atoms with E-state index in [-0.39, 0.29) is 11.8 Å². The minimum atomic E-state index is -0.421. The third-order valence-corrected chi connectivity index (χ3v) is 3.57. The van der Waals surface area contributed by atoms with Crippen LogP contribution in [-0.4, -0.2) is 11.1 Å². The van der Waals surface area contributed by atoms with E-state index in [0.717, 1.165) is 5.56 Å². The summed E-state index contributed by atoms with van der Waals surface area (Å²) < 4.78 is 0. The first-order valence-corrected chi connectivity index (χ1v) is 7.51. The molecule has 1 atom stereocenters. The fourth-order valence-corrected chi connectivity index (χ4v) is 2.10. The van der Waals surface area contributed by atoms with Gasteiger partial charge < -0.3 is 4.84 Å². The zero-order valence-corrected chi connectivity index (χ0v) is 13.5. The molecule has 0 bridgehead atoms. The topological polar surface area (TPSA) is 64.7 Å². The van der Waals surface area contributed by atoms with E-state index >= 15 is 0 Å². The third kappa shape index (κ3) is 4.64. The molecule has 5 nitrogen and oxygen atoms in total. The fraction of sp³-hybridized carbons (Fsp3) is 0.278. The van der Waals surface area contributed by atoms with Gasteiger partial charge in [0.25, 0.3) is 5.69 Å². The van der Waals surface area contributed by atoms with Gasteiger partial charge in [-0.3, -0.25) is 10.1 Å². The maximum atomic E-state index is 10.8. The number of oxime groups is 1. The summed E-state index contributed by atoms with van der Waals surface area (Å²) in [6.45, 7) is 6.10. The first-order valence-electron chi connectivity index (χ1n) is 7.51. The van der Waals surface area contributed by atoms with E-state index in [4.69, 9.17) is 4.84 Å². The molecule has 0 N–H and O–H groups in total. The fourth-order valence-electron chi connectivity index (χ4n) is 2.10. The standard InChI is InChI=1S/C18H20N2O3/c1-13(2)16-9-7-15(8-10-16)12-19-23-14(3)17-5-4-6-18(11-17)20(21)22/h4-14H,1-3H3/b19-12-/t14-/m0/s1. The van der Waals surface area contributed by atoms with Gasteiger partial charge in [0.15, 0.2) is 0 Å². The Bertz CT molecular complexity index is 694. The van der Waals surface area contributed by atoms with Crippen molar-refractivity contribution in [2.45, 2.75) is 32.8 Å². The molecule has 2 aromatic rings. The van der Waals surface area contributed by atoms with Gasteiger partial charge in [0.1, 0.15) is 6.10 Å². The average molecular weight is 312 g/mol. The molecular weight excluding hydrogens is 292 g/mol. The number of non-ortho nitro benzene ring substituents is 1. The molecule has 0 heterocycles. The molecule has 23 heavy (non-hydrogen) atoms. The van der Waals surface area contributed by atoms with Gasteiger partial charge in [-0.1, -0.05) is 55.4 Å². The summed E-state index contributed by atoms with van der Waals surface area (Å²) >= 11 is 0. The Hall–Kier alpha value is -2.69. The summed E-state index contributed by atoms with van der Waals surface area (Å²) in [6.07, 6.45) is 1.28. The van der Waals surface area contributed by atoms with Crippen molar-refractivity contribution in [1.29, 1.82) is 0 Å². The van der Waals surface area contributed by atoms with E-state index in [2.05, 4.69) is 31.1 Å². The summed E-state index contributed by atoms with van der Waals surface area (Å²) in [5.74, 6) is 0.492. The minimum Gasteiger partial charge on any atom is -0.388 e. The van der Waals surface area contributed by atoms with Crippen molar-refractivity contribution in [2.75, 3.05) is 0 Å². The molecule has 120 valence electrons.